The van der Waals surface area contributed by atoms with Gasteiger partial charge in [-0.1, -0.05) is 25.2 Å². The van der Waals surface area contributed by atoms with Gasteiger partial charge in [0.05, 0.1) is 0 Å². The number of ketones is 1. The number of carbonyl (C=O) groups excluding carboxylic acids is 1. The van der Waals surface area contributed by atoms with Gasteiger partial charge in [0.2, 0.25) is 11.4 Å². The molecule has 76 valence electrons. The Hall–Kier alpha value is -1.07. The van der Waals surface area contributed by atoms with Gasteiger partial charge < -0.3 is 5.11 Å². The van der Waals surface area contributed by atoms with Gasteiger partial charge in [-0.15, -0.1) is 0 Å². The Morgan fingerprint density at radius 1 is 1.43 bits per heavy atom. The second kappa shape index (κ2) is 3.98. The largest absolute Gasteiger partial charge is 0.367 e. The highest BCUT2D eigenvalue weighted by Gasteiger charge is 2.47. The van der Waals surface area contributed by atoms with E-state index < -0.39 is 5.60 Å². The second-order valence-corrected chi connectivity index (χ2v) is 3.69. The summed E-state index contributed by atoms with van der Waals surface area (Å²) < 4.78 is 0. The van der Waals surface area contributed by atoms with Crippen molar-refractivity contribution in [1.29, 1.82) is 0 Å². The van der Waals surface area contributed by atoms with Crippen LogP contribution in [-0.4, -0.2) is 16.5 Å². The minimum Gasteiger partial charge on any atom is -0.367 e. The molecule has 0 aromatic carbocycles. The molecule has 0 aromatic heterocycles. The molecular formula is C12H16O2. The lowest BCUT2D eigenvalue weighted by Crippen LogP contribution is -2.48. The van der Waals surface area contributed by atoms with Crippen LogP contribution >= 0.6 is 0 Å². The van der Waals surface area contributed by atoms with E-state index in [9.17, 15) is 9.90 Å². The van der Waals surface area contributed by atoms with Crippen LogP contribution in [0.3, 0.4) is 0 Å². The molecule has 0 radical (unpaired) electrons. The van der Waals surface area contributed by atoms with Gasteiger partial charge in [0.15, 0.2) is 0 Å². The van der Waals surface area contributed by atoms with Gasteiger partial charge in [-0.05, 0) is 31.4 Å². The Kier molecular flexibility index (Phi) is 3.13. The zero-order chi connectivity index (χ0) is 10.8. The number of Topliss-reactive ketones (excluding diaryl/α,β-unsaturated/α-hetero) is 1. The van der Waals surface area contributed by atoms with Gasteiger partial charge in [-0.3, -0.25) is 4.79 Å². The van der Waals surface area contributed by atoms with E-state index in [2.05, 4.69) is 18.8 Å². The predicted octanol–water partition coefficient (Wildman–Crippen LogP) is 1.83. The molecule has 1 aliphatic rings. The molecule has 2 nitrogen and oxygen atoms in total. The SMILES string of the molecule is CCCCC#CC1(O)C(=O)C(C)=C1C. The first-order valence-corrected chi connectivity index (χ1v) is 4.99. The highest BCUT2D eigenvalue weighted by Crippen LogP contribution is 2.33. The first kappa shape index (κ1) is 11.0. The molecule has 0 bridgehead atoms. The zero-order valence-corrected chi connectivity index (χ0v) is 8.98. The quantitative estimate of drug-likeness (QED) is 0.535. The van der Waals surface area contributed by atoms with E-state index in [0.717, 1.165) is 19.3 Å². The average Bonchev–Trinajstić information content (AvgIpc) is 2.21. The van der Waals surface area contributed by atoms with E-state index in [0.29, 0.717) is 11.1 Å². The molecule has 1 unspecified atom stereocenters. The molecule has 1 atom stereocenters. The van der Waals surface area contributed by atoms with Crippen LogP contribution in [-0.2, 0) is 4.79 Å². The van der Waals surface area contributed by atoms with E-state index in [-0.39, 0.29) is 5.78 Å². The maximum Gasteiger partial charge on any atom is 0.211 e. The molecule has 2 heteroatoms. The lowest BCUT2D eigenvalue weighted by atomic mass is 9.74. The Morgan fingerprint density at radius 3 is 2.57 bits per heavy atom. The van der Waals surface area contributed by atoms with Crippen molar-refractivity contribution >= 4 is 5.78 Å². The smallest absolute Gasteiger partial charge is 0.211 e. The van der Waals surface area contributed by atoms with Crippen molar-refractivity contribution in [3.05, 3.63) is 11.1 Å². The molecule has 0 aliphatic heterocycles. The van der Waals surface area contributed by atoms with Gasteiger partial charge >= 0.3 is 0 Å². The summed E-state index contributed by atoms with van der Waals surface area (Å²) >= 11 is 0. The summed E-state index contributed by atoms with van der Waals surface area (Å²) in [7, 11) is 0. The summed E-state index contributed by atoms with van der Waals surface area (Å²) in [6.45, 7) is 5.56. The van der Waals surface area contributed by atoms with Crippen LogP contribution in [0.15, 0.2) is 11.1 Å². The molecule has 1 rings (SSSR count). The van der Waals surface area contributed by atoms with Crippen molar-refractivity contribution in [2.24, 2.45) is 0 Å². The summed E-state index contributed by atoms with van der Waals surface area (Å²) in [5.41, 5.74) is -0.110. The van der Waals surface area contributed by atoms with E-state index >= 15 is 0 Å². The molecule has 0 saturated carbocycles. The third-order valence-electron chi connectivity index (χ3n) is 2.70. The topological polar surface area (TPSA) is 37.3 Å². The van der Waals surface area contributed by atoms with E-state index in [1.807, 2.05) is 0 Å². The molecule has 1 aliphatic carbocycles. The molecule has 0 aromatic rings. The maximum absolute atomic E-state index is 11.3. The van der Waals surface area contributed by atoms with Crippen LogP contribution in [0.1, 0.15) is 40.0 Å². The van der Waals surface area contributed by atoms with Crippen LogP contribution in [0.4, 0.5) is 0 Å². The zero-order valence-electron chi connectivity index (χ0n) is 8.98. The second-order valence-electron chi connectivity index (χ2n) is 3.69. The monoisotopic (exact) mass is 192 g/mol. The first-order valence-electron chi connectivity index (χ1n) is 4.99. The summed E-state index contributed by atoms with van der Waals surface area (Å²) in [5, 5.41) is 9.84. The summed E-state index contributed by atoms with van der Waals surface area (Å²) in [6, 6.07) is 0. The van der Waals surface area contributed by atoms with Crippen molar-refractivity contribution < 1.29 is 9.90 Å². The van der Waals surface area contributed by atoms with Crippen molar-refractivity contribution in [3.8, 4) is 11.8 Å². The highest BCUT2D eigenvalue weighted by atomic mass is 16.3. The van der Waals surface area contributed by atoms with Gasteiger partial charge in [0, 0.05) is 6.42 Å². The average molecular weight is 192 g/mol. The fourth-order valence-electron chi connectivity index (χ4n) is 1.43. The van der Waals surface area contributed by atoms with Crippen LogP contribution in [0, 0.1) is 11.8 Å². The third-order valence-corrected chi connectivity index (χ3v) is 2.70. The summed E-state index contributed by atoms with van der Waals surface area (Å²) in [5.74, 6) is 5.28. The minimum absolute atomic E-state index is 0.237. The predicted molar refractivity (Wildman–Crippen MR) is 55.6 cm³/mol. The van der Waals surface area contributed by atoms with Crippen molar-refractivity contribution in [3.63, 3.8) is 0 Å². The lowest BCUT2D eigenvalue weighted by molar-refractivity contribution is -0.129. The summed E-state index contributed by atoms with van der Waals surface area (Å²) in [6.07, 6.45) is 2.84. The van der Waals surface area contributed by atoms with E-state index in [1.54, 1.807) is 13.8 Å². The standard InChI is InChI=1S/C12H16O2/c1-4-5-6-7-8-12(14)10(3)9(2)11(12)13/h14H,4-6H2,1-3H3. The Balaban J connectivity index is 2.70. The lowest BCUT2D eigenvalue weighted by Gasteiger charge is -2.32. The van der Waals surface area contributed by atoms with Gasteiger partial charge in [0.1, 0.15) is 0 Å². The molecule has 0 fully saturated rings. The van der Waals surface area contributed by atoms with E-state index in [4.69, 9.17) is 0 Å². The molecule has 0 heterocycles. The fourth-order valence-corrected chi connectivity index (χ4v) is 1.43. The van der Waals surface area contributed by atoms with Gasteiger partial charge in [0.25, 0.3) is 0 Å². The first-order chi connectivity index (χ1) is 6.54. The van der Waals surface area contributed by atoms with Gasteiger partial charge in [-0.2, -0.15) is 0 Å². The number of carbonyl (C=O) groups is 1. The van der Waals surface area contributed by atoms with Gasteiger partial charge in [-0.25, -0.2) is 0 Å². The number of unbranched alkanes of at least 4 members (excludes halogenated alkanes) is 2. The fraction of sp³-hybridized carbons (Fsp3) is 0.583. The molecule has 1 N–H and O–H groups in total. The van der Waals surface area contributed by atoms with Crippen molar-refractivity contribution in [2.75, 3.05) is 0 Å². The number of hydrogen-bond acceptors (Lipinski definition) is 2. The van der Waals surface area contributed by atoms with Crippen LogP contribution in [0.25, 0.3) is 0 Å². The third kappa shape index (κ3) is 1.60. The maximum atomic E-state index is 11.3. The highest BCUT2D eigenvalue weighted by molar-refractivity contribution is 6.14. The van der Waals surface area contributed by atoms with Crippen LogP contribution < -0.4 is 0 Å². The molecular weight excluding hydrogens is 176 g/mol. The molecule has 0 amide bonds. The Bertz CT molecular complexity index is 341. The van der Waals surface area contributed by atoms with Crippen LogP contribution in [0.2, 0.25) is 0 Å². The molecule has 0 saturated heterocycles. The molecule has 14 heavy (non-hydrogen) atoms. The van der Waals surface area contributed by atoms with Crippen molar-refractivity contribution in [2.45, 2.75) is 45.6 Å². The number of rotatable bonds is 2. The normalized spacial score (nSPS) is 25.6. The van der Waals surface area contributed by atoms with Crippen molar-refractivity contribution in [1.82, 2.24) is 0 Å². The Labute approximate surface area is 85.0 Å². The number of aliphatic hydroxyl groups is 1. The number of hydrogen-bond donors (Lipinski definition) is 1. The van der Waals surface area contributed by atoms with E-state index in [1.165, 1.54) is 0 Å². The van der Waals surface area contributed by atoms with Crippen LogP contribution in [0.5, 0.6) is 0 Å². The Morgan fingerprint density at radius 2 is 2.07 bits per heavy atom. The summed E-state index contributed by atoms with van der Waals surface area (Å²) in [4.78, 5) is 11.3. The minimum atomic E-state index is -1.46. The molecule has 0 spiro atoms.